The van der Waals surface area contributed by atoms with Crippen LogP contribution in [-0.4, -0.2) is 31.3 Å². The monoisotopic (exact) mass is 389 g/mol. The van der Waals surface area contributed by atoms with Crippen LogP contribution in [0.15, 0.2) is 78.5 Å². The summed E-state index contributed by atoms with van der Waals surface area (Å²) in [6.07, 6.45) is 9.26. The van der Waals surface area contributed by atoms with Crippen molar-refractivity contribution < 1.29 is 4.79 Å². The first-order valence-corrected chi connectivity index (χ1v) is 9.95. The van der Waals surface area contributed by atoms with Gasteiger partial charge in [-0.25, -0.2) is 9.97 Å². The number of anilines is 1. The number of hydrogen-bond donors (Lipinski definition) is 1. The van der Waals surface area contributed by atoms with Crippen molar-refractivity contribution in [3.63, 3.8) is 0 Å². The third-order valence-corrected chi connectivity index (χ3v) is 5.04. The van der Waals surface area contributed by atoms with Gasteiger partial charge in [0, 0.05) is 54.3 Å². The van der Waals surface area contributed by atoms with Crippen LogP contribution in [0.1, 0.15) is 10.4 Å². The lowest BCUT2D eigenvalue weighted by Gasteiger charge is -2.10. The summed E-state index contributed by atoms with van der Waals surface area (Å²) < 4.78 is 3.90. The third-order valence-electron chi connectivity index (χ3n) is 4.38. The van der Waals surface area contributed by atoms with Crippen molar-refractivity contribution in [2.75, 3.05) is 11.6 Å². The van der Waals surface area contributed by atoms with E-state index >= 15 is 0 Å². The van der Waals surface area contributed by atoms with E-state index in [-0.39, 0.29) is 5.91 Å². The fourth-order valence-corrected chi connectivity index (χ4v) is 3.55. The Labute approximate surface area is 167 Å². The zero-order valence-electron chi connectivity index (χ0n) is 15.5. The van der Waals surface area contributed by atoms with Crippen LogP contribution in [0.2, 0.25) is 0 Å². The summed E-state index contributed by atoms with van der Waals surface area (Å²) in [7, 11) is 1.94. The van der Waals surface area contributed by atoms with Crippen LogP contribution in [0, 0.1) is 0 Å². The summed E-state index contributed by atoms with van der Waals surface area (Å²) in [5, 5.41) is 3.85. The van der Waals surface area contributed by atoms with Crippen molar-refractivity contribution in [2.45, 2.75) is 5.16 Å². The second-order valence-electron chi connectivity index (χ2n) is 6.23. The summed E-state index contributed by atoms with van der Waals surface area (Å²) in [6, 6.07) is 15.2. The molecule has 0 fully saturated rings. The molecule has 0 bridgehead atoms. The molecular weight excluding hydrogens is 370 g/mol. The number of nitrogens with one attached hydrogen (secondary N) is 1. The number of aromatic nitrogens is 4. The molecule has 0 saturated carbocycles. The van der Waals surface area contributed by atoms with E-state index < -0.39 is 0 Å². The predicted octanol–water partition coefficient (Wildman–Crippen LogP) is 4.25. The number of hydrogen-bond acceptors (Lipinski definition) is 4. The number of nitrogens with zero attached hydrogens (tertiary/aromatic N) is 4. The fraction of sp³-hybridized carbons (Fsp3) is 0.0952. The van der Waals surface area contributed by atoms with Crippen molar-refractivity contribution in [3.8, 4) is 17.1 Å². The smallest absolute Gasteiger partial charge is 0.255 e. The molecule has 0 atom stereocenters. The van der Waals surface area contributed by atoms with E-state index in [1.165, 1.54) is 0 Å². The van der Waals surface area contributed by atoms with Gasteiger partial charge in [-0.15, -0.1) is 0 Å². The molecule has 6 nitrogen and oxygen atoms in total. The second-order valence-corrected chi connectivity index (χ2v) is 7.00. The molecule has 140 valence electrons. The number of carbonyl (C=O) groups excluding carboxylic acids is 1. The van der Waals surface area contributed by atoms with Crippen LogP contribution in [0.5, 0.6) is 0 Å². The number of rotatable bonds is 5. The zero-order valence-corrected chi connectivity index (χ0v) is 16.4. The molecule has 0 aliphatic rings. The minimum Gasteiger partial charge on any atom is -0.334 e. The Morgan fingerprint density at radius 2 is 1.86 bits per heavy atom. The van der Waals surface area contributed by atoms with Crippen molar-refractivity contribution in [3.05, 3.63) is 78.9 Å². The Hall–Kier alpha value is -3.32. The van der Waals surface area contributed by atoms with E-state index in [1.54, 1.807) is 30.2 Å². The fourth-order valence-electron chi connectivity index (χ4n) is 3.02. The summed E-state index contributed by atoms with van der Waals surface area (Å²) in [5.74, 6) is 0.687. The summed E-state index contributed by atoms with van der Waals surface area (Å²) in [4.78, 5) is 21.5. The summed E-state index contributed by atoms with van der Waals surface area (Å²) in [5.41, 5.74) is 3.15. The molecule has 2 aromatic carbocycles. The molecule has 0 unspecified atom stereocenters. The molecule has 7 heteroatoms. The topological polar surface area (TPSA) is 64.7 Å². The van der Waals surface area contributed by atoms with Crippen LogP contribution < -0.4 is 5.32 Å². The minimum absolute atomic E-state index is 0.162. The Kier molecular flexibility index (Phi) is 4.99. The lowest BCUT2D eigenvalue weighted by molar-refractivity contribution is 0.102. The molecule has 0 spiro atoms. The normalized spacial score (nSPS) is 10.8. The quantitative estimate of drug-likeness (QED) is 0.518. The maximum absolute atomic E-state index is 12.8. The van der Waals surface area contributed by atoms with Crippen LogP contribution in [0.4, 0.5) is 5.69 Å². The SMILES string of the molecule is CSc1nccn1-c1cccc(C(=O)Nc2cccc(-c3nccn3C)c2)c1. The van der Waals surface area contributed by atoms with Gasteiger partial charge >= 0.3 is 0 Å². The molecule has 2 heterocycles. The van der Waals surface area contributed by atoms with E-state index in [4.69, 9.17) is 0 Å². The first-order valence-electron chi connectivity index (χ1n) is 8.72. The Morgan fingerprint density at radius 3 is 2.64 bits per heavy atom. The van der Waals surface area contributed by atoms with Gasteiger partial charge in [0.05, 0.1) is 0 Å². The maximum Gasteiger partial charge on any atom is 0.255 e. The van der Waals surface area contributed by atoms with Gasteiger partial charge in [0.2, 0.25) is 0 Å². The number of benzene rings is 2. The van der Waals surface area contributed by atoms with Crippen LogP contribution >= 0.6 is 11.8 Å². The first kappa shape index (κ1) is 18.1. The summed E-state index contributed by atoms with van der Waals surface area (Å²) >= 11 is 1.56. The third kappa shape index (κ3) is 3.57. The maximum atomic E-state index is 12.8. The molecule has 4 aromatic rings. The molecule has 0 saturated heterocycles. The van der Waals surface area contributed by atoms with Crippen molar-refractivity contribution in [1.82, 2.24) is 19.1 Å². The highest BCUT2D eigenvalue weighted by Crippen LogP contribution is 2.22. The van der Waals surface area contributed by atoms with Crippen LogP contribution in [0.25, 0.3) is 17.1 Å². The van der Waals surface area contributed by atoms with E-state index in [0.29, 0.717) is 5.56 Å². The van der Waals surface area contributed by atoms with E-state index in [2.05, 4.69) is 15.3 Å². The van der Waals surface area contributed by atoms with E-state index in [1.807, 2.05) is 77.3 Å². The molecule has 1 N–H and O–H groups in total. The van der Waals surface area contributed by atoms with Gasteiger partial charge in [-0.2, -0.15) is 0 Å². The minimum atomic E-state index is -0.162. The van der Waals surface area contributed by atoms with Gasteiger partial charge in [0.15, 0.2) is 5.16 Å². The molecule has 1 amide bonds. The average molecular weight is 389 g/mol. The number of amides is 1. The highest BCUT2D eigenvalue weighted by atomic mass is 32.2. The number of aryl methyl sites for hydroxylation is 1. The van der Waals surface area contributed by atoms with Crippen LogP contribution in [0.3, 0.4) is 0 Å². The zero-order chi connectivity index (χ0) is 19.5. The average Bonchev–Trinajstić information content (AvgIpc) is 3.37. The van der Waals surface area contributed by atoms with Gasteiger partial charge in [0.1, 0.15) is 5.82 Å². The Balaban J connectivity index is 1.58. The highest BCUT2D eigenvalue weighted by molar-refractivity contribution is 7.98. The van der Waals surface area contributed by atoms with Crippen molar-refractivity contribution in [1.29, 1.82) is 0 Å². The summed E-state index contributed by atoms with van der Waals surface area (Å²) in [6.45, 7) is 0. The van der Waals surface area contributed by atoms with Crippen molar-refractivity contribution >= 4 is 23.4 Å². The molecule has 2 aromatic heterocycles. The van der Waals surface area contributed by atoms with Gasteiger partial charge in [0.25, 0.3) is 5.91 Å². The second kappa shape index (κ2) is 7.74. The van der Waals surface area contributed by atoms with Gasteiger partial charge in [-0.1, -0.05) is 30.0 Å². The van der Waals surface area contributed by atoms with Crippen molar-refractivity contribution in [2.24, 2.45) is 7.05 Å². The lowest BCUT2D eigenvalue weighted by atomic mass is 10.1. The van der Waals surface area contributed by atoms with Gasteiger partial charge < -0.3 is 9.88 Å². The number of imidazole rings is 2. The molecule has 28 heavy (non-hydrogen) atoms. The molecule has 0 aliphatic heterocycles. The Bertz CT molecular complexity index is 1130. The highest BCUT2D eigenvalue weighted by Gasteiger charge is 2.11. The predicted molar refractivity (Wildman–Crippen MR) is 112 cm³/mol. The van der Waals surface area contributed by atoms with Gasteiger partial charge in [-0.05, 0) is 36.6 Å². The standard InChI is InChI=1S/C21H19N5OS/c1-25-11-9-22-19(25)15-5-3-7-17(13-15)24-20(27)16-6-4-8-18(14-16)26-12-10-23-21(26)28-2/h3-14H,1-2H3,(H,24,27). The lowest BCUT2D eigenvalue weighted by Crippen LogP contribution is -2.12. The number of thioether (sulfide) groups is 1. The van der Waals surface area contributed by atoms with E-state index in [0.717, 1.165) is 27.9 Å². The largest absolute Gasteiger partial charge is 0.334 e. The molecule has 0 radical (unpaired) electrons. The van der Waals surface area contributed by atoms with E-state index in [9.17, 15) is 4.79 Å². The molecule has 0 aliphatic carbocycles. The van der Waals surface area contributed by atoms with Crippen LogP contribution in [-0.2, 0) is 7.05 Å². The first-order chi connectivity index (χ1) is 13.7. The molecule has 4 rings (SSSR count). The van der Waals surface area contributed by atoms with Gasteiger partial charge in [-0.3, -0.25) is 9.36 Å². The Morgan fingerprint density at radius 1 is 1.04 bits per heavy atom. The molecular formula is C21H19N5OS. The number of carbonyl (C=O) groups is 1.